The second kappa shape index (κ2) is 6.90. The molecule has 1 aromatic heterocycles. The van der Waals surface area contributed by atoms with Gasteiger partial charge in [-0.2, -0.15) is 5.10 Å². The van der Waals surface area contributed by atoms with Gasteiger partial charge >= 0.3 is 0 Å². The van der Waals surface area contributed by atoms with Crippen molar-refractivity contribution in [1.82, 2.24) is 9.78 Å². The molecular formula is C18H15BrClN3O2. The summed E-state index contributed by atoms with van der Waals surface area (Å²) in [5.74, 6) is -0.399. The fraction of sp³-hybridized carbons (Fsp3) is 0.111. The molecule has 0 aliphatic carbocycles. The van der Waals surface area contributed by atoms with Crippen LogP contribution in [0, 0.1) is 13.8 Å². The van der Waals surface area contributed by atoms with Crippen LogP contribution in [0.1, 0.15) is 21.7 Å². The highest BCUT2D eigenvalue weighted by molar-refractivity contribution is 9.10. The Kier molecular flexibility index (Phi) is 4.83. The third-order valence-corrected chi connectivity index (χ3v) is 4.56. The number of nitrogens with one attached hydrogen (secondary N) is 1. The van der Waals surface area contributed by atoms with Crippen molar-refractivity contribution in [3.63, 3.8) is 0 Å². The average Bonchev–Trinajstić information content (AvgIpc) is 2.86. The summed E-state index contributed by atoms with van der Waals surface area (Å²) in [6.45, 7) is 3.60. The molecule has 1 amide bonds. The lowest BCUT2D eigenvalue weighted by Gasteiger charge is -2.09. The first-order valence-electron chi connectivity index (χ1n) is 7.49. The number of benzene rings is 2. The second-order valence-electron chi connectivity index (χ2n) is 5.55. The van der Waals surface area contributed by atoms with E-state index in [4.69, 9.17) is 11.6 Å². The van der Waals surface area contributed by atoms with Gasteiger partial charge in [0.1, 0.15) is 5.75 Å². The van der Waals surface area contributed by atoms with Crippen LogP contribution >= 0.6 is 27.5 Å². The molecule has 0 saturated heterocycles. The predicted molar refractivity (Wildman–Crippen MR) is 102 cm³/mol. The number of aromatic hydroxyl groups is 1. The number of halogens is 2. The Morgan fingerprint density at radius 2 is 1.88 bits per heavy atom. The number of nitrogens with zero attached hydrogens (tertiary/aromatic N) is 2. The van der Waals surface area contributed by atoms with Crippen LogP contribution in [0.15, 0.2) is 46.9 Å². The van der Waals surface area contributed by atoms with Gasteiger partial charge in [0.05, 0.1) is 28.3 Å². The zero-order valence-electron chi connectivity index (χ0n) is 13.5. The molecule has 0 saturated carbocycles. The second-order valence-corrected chi connectivity index (χ2v) is 6.90. The van der Waals surface area contributed by atoms with Crippen LogP contribution in [-0.4, -0.2) is 20.8 Å². The molecule has 0 aliphatic rings. The molecule has 2 aromatic carbocycles. The van der Waals surface area contributed by atoms with E-state index in [2.05, 4.69) is 26.3 Å². The Morgan fingerprint density at radius 3 is 2.56 bits per heavy atom. The van der Waals surface area contributed by atoms with E-state index >= 15 is 0 Å². The Morgan fingerprint density at radius 1 is 1.20 bits per heavy atom. The van der Waals surface area contributed by atoms with Gasteiger partial charge in [-0.25, -0.2) is 4.68 Å². The minimum Gasteiger partial charge on any atom is -0.506 e. The molecule has 0 radical (unpaired) electrons. The van der Waals surface area contributed by atoms with Crippen molar-refractivity contribution >= 4 is 39.1 Å². The summed E-state index contributed by atoms with van der Waals surface area (Å²) >= 11 is 9.32. The molecule has 0 spiro atoms. The van der Waals surface area contributed by atoms with Crippen molar-refractivity contribution in [3.8, 4) is 11.4 Å². The van der Waals surface area contributed by atoms with Gasteiger partial charge < -0.3 is 10.4 Å². The minimum absolute atomic E-state index is 0.0478. The van der Waals surface area contributed by atoms with Gasteiger partial charge in [-0.1, -0.05) is 27.5 Å². The van der Waals surface area contributed by atoms with Crippen LogP contribution in [0.4, 0.5) is 5.69 Å². The van der Waals surface area contributed by atoms with Crippen molar-refractivity contribution in [2.24, 2.45) is 0 Å². The Balaban J connectivity index is 1.96. The van der Waals surface area contributed by atoms with Crippen LogP contribution in [-0.2, 0) is 0 Å². The summed E-state index contributed by atoms with van der Waals surface area (Å²) in [6, 6.07) is 12.1. The molecule has 0 atom stereocenters. The lowest BCUT2D eigenvalue weighted by molar-refractivity contribution is 0.102. The van der Waals surface area contributed by atoms with Gasteiger partial charge in [0.2, 0.25) is 0 Å². The summed E-state index contributed by atoms with van der Waals surface area (Å²) in [5.41, 5.74) is 2.88. The van der Waals surface area contributed by atoms with Crippen LogP contribution in [0.5, 0.6) is 5.75 Å². The number of carbonyl (C=O) groups is 1. The third kappa shape index (κ3) is 3.55. The first kappa shape index (κ1) is 17.5. The molecule has 7 heteroatoms. The van der Waals surface area contributed by atoms with Crippen molar-refractivity contribution in [3.05, 3.63) is 68.9 Å². The van der Waals surface area contributed by atoms with Crippen LogP contribution in [0.25, 0.3) is 5.69 Å². The summed E-state index contributed by atoms with van der Waals surface area (Å²) in [7, 11) is 0. The van der Waals surface area contributed by atoms with E-state index in [1.165, 1.54) is 12.1 Å². The maximum Gasteiger partial charge on any atom is 0.259 e. The number of phenols is 1. The maximum absolute atomic E-state index is 12.7. The van der Waals surface area contributed by atoms with Gasteiger partial charge in [-0.15, -0.1) is 0 Å². The van der Waals surface area contributed by atoms with E-state index in [1.54, 1.807) is 17.7 Å². The van der Waals surface area contributed by atoms with E-state index in [1.807, 2.05) is 31.2 Å². The largest absolute Gasteiger partial charge is 0.506 e. The maximum atomic E-state index is 12.7. The van der Waals surface area contributed by atoms with Crippen LogP contribution < -0.4 is 5.32 Å². The molecule has 0 aliphatic heterocycles. The fourth-order valence-corrected chi connectivity index (χ4v) is 3.03. The first-order valence-corrected chi connectivity index (χ1v) is 8.66. The number of carbonyl (C=O) groups excluding carboxylic acids is 1. The molecule has 0 bridgehead atoms. The van der Waals surface area contributed by atoms with Crippen molar-refractivity contribution in [1.29, 1.82) is 0 Å². The SMILES string of the molecule is Cc1nn(-c2ccc(Br)cc2)c(C)c1C(=O)Nc1cc(Cl)ccc1O. The van der Waals surface area contributed by atoms with Crippen LogP contribution in [0.3, 0.4) is 0 Å². The van der Waals surface area contributed by atoms with Gasteiger partial charge in [0, 0.05) is 9.50 Å². The van der Waals surface area contributed by atoms with E-state index in [-0.39, 0.29) is 17.3 Å². The molecule has 0 fully saturated rings. The van der Waals surface area contributed by atoms with Crippen LogP contribution in [0.2, 0.25) is 5.02 Å². The number of aromatic nitrogens is 2. The third-order valence-electron chi connectivity index (χ3n) is 3.80. The molecule has 0 unspecified atom stereocenters. The first-order chi connectivity index (χ1) is 11.9. The quantitative estimate of drug-likeness (QED) is 0.594. The summed E-state index contributed by atoms with van der Waals surface area (Å²) in [5, 5.41) is 17.5. The topological polar surface area (TPSA) is 67.2 Å². The Hall–Kier alpha value is -2.31. The zero-order chi connectivity index (χ0) is 18.1. The highest BCUT2D eigenvalue weighted by atomic mass is 79.9. The van der Waals surface area contributed by atoms with E-state index < -0.39 is 0 Å². The predicted octanol–water partition coefficient (Wildman–Crippen LogP) is 4.86. The van der Waals surface area contributed by atoms with Gasteiger partial charge in [0.25, 0.3) is 5.91 Å². The highest BCUT2D eigenvalue weighted by Crippen LogP contribution is 2.28. The monoisotopic (exact) mass is 419 g/mol. The number of anilines is 1. The number of aryl methyl sites for hydroxylation is 1. The summed E-state index contributed by atoms with van der Waals surface area (Å²) in [6.07, 6.45) is 0. The Labute approximate surface area is 158 Å². The lowest BCUT2D eigenvalue weighted by atomic mass is 10.1. The molecular weight excluding hydrogens is 406 g/mol. The molecule has 128 valence electrons. The van der Waals surface area contributed by atoms with Crippen molar-refractivity contribution in [2.45, 2.75) is 13.8 Å². The number of amides is 1. The fourth-order valence-electron chi connectivity index (χ4n) is 2.60. The van der Waals surface area contributed by atoms with Crippen molar-refractivity contribution < 1.29 is 9.90 Å². The minimum atomic E-state index is -0.351. The van der Waals surface area contributed by atoms with Gasteiger partial charge in [-0.05, 0) is 56.3 Å². The molecule has 3 rings (SSSR count). The number of rotatable bonds is 3. The van der Waals surface area contributed by atoms with Gasteiger partial charge in [0.15, 0.2) is 0 Å². The van der Waals surface area contributed by atoms with Gasteiger partial charge in [-0.3, -0.25) is 4.79 Å². The highest BCUT2D eigenvalue weighted by Gasteiger charge is 2.20. The Bertz CT molecular complexity index is 952. The number of phenolic OH excluding ortho intramolecular Hbond substituents is 1. The van der Waals surface area contributed by atoms with E-state index in [0.29, 0.717) is 22.0 Å². The summed E-state index contributed by atoms with van der Waals surface area (Å²) in [4.78, 5) is 12.7. The number of hydrogen-bond acceptors (Lipinski definition) is 3. The van der Waals surface area contributed by atoms with Crippen molar-refractivity contribution in [2.75, 3.05) is 5.32 Å². The smallest absolute Gasteiger partial charge is 0.259 e. The molecule has 2 N–H and O–H groups in total. The number of hydrogen-bond donors (Lipinski definition) is 2. The van der Waals surface area contributed by atoms with E-state index in [0.717, 1.165) is 10.2 Å². The molecule has 3 aromatic rings. The zero-order valence-corrected chi connectivity index (χ0v) is 15.9. The van der Waals surface area contributed by atoms with E-state index in [9.17, 15) is 9.90 Å². The molecule has 1 heterocycles. The summed E-state index contributed by atoms with van der Waals surface area (Å²) < 4.78 is 2.68. The normalized spacial score (nSPS) is 10.7. The standard InChI is InChI=1S/C18H15BrClN3O2/c1-10-17(18(25)21-15-9-13(20)5-8-16(15)24)11(2)23(22-10)14-6-3-12(19)4-7-14/h3-9,24H,1-2H3,(H,21,25). The lowest BCUT2D eigenvalue weighted by Crippen LogP contribution is -2.14. The molecule has 5 nitrogen and oxygen atoms in total. The average molecular weight is 421 g/mol. The molecule has 25 heavy (non-hydrogen) atoms.